The Morgan fingerprint density at radius 2 is 2.19 bits per heavy atom. The third-order valence-electron chi connectivity index (χ3n) is 2.17. The Hall–Kier alpha value is -0.970. The lowest BCUT2D eigenvalue weighted by Crippen LogP contribution is -2.06. The number of anilines is 2. The molecule has 0 aliphatic carbocycles. The van der Waals surface area contributed by atoms with Crippen molar-refractivity contribution in [2.75, 3.05) is 17.6 Å². The van der Waals surface area contributed by atoms with Crippen molar-refractivity contribution in [1.29, 1.82) is 0 Å². The fraction of sp³-hybridized carbons (Fsp3) is 0.636. The summed E-state index contributed by atoms with van der Waals surface area (Å²) in [5.41, 5.74) is 5.67. The predicted molar refractivity (Wildman–Crippen MR) is 70.8 cm³/mol. The first kappa shape index (κ1) is 13.1. The molecule has 1 aromatic heterocycles. The second-order valence-electron chi connectivity index (χ2n) is 3.71. The van der Waals surface area contributed by atoms with Gasteiger partial charge in [0.05, 0.1) is 0 Å². The highest BCUT2D eigenvalue weighted by Gasteiger charge is 2.06. The van der Waals surface area contributed by atoms with E-state index in [1.165, 1.54) is 0 Å². The van der Waals surface area contributed by atoms with Crippen LogP contribution in [0.25, 0.3) is 0 Å². The largest absolute Gasteiger partial charge is 0.370 e. The maximum atomic E-state index is 5.67. The van der Waals surface area contributed by atoms with E-state index < -0.39 is 0 Å². The Labute approximate surface area is 101 Å². The van der Waals surface area contributed by atoms with Crippen molar-refractivity contribution >= 4 is 23.5 Å². The van der Waals surface area contributed by atoms with Crippen molar-refractivity contribution in [2.24, 2.45) is 0 Å². The first-order chi connectivity index (χ1) is 7.65. The van der Waals surface area contributed by atoms with E-state index in [2.05, 4.69) is 36.1 Å². The molecule has 1 heterocycles. The Balaban J connectivity index is 2.73. The summed E-state index contributed by atoms with van der Waals surface area (Å²) in [5, 5.41) is 4.72. The smallest absolute Gasteiger partial charge is 0.223 e. The SMILES string of the molecule is CCCNc1cc(SC(C)CC)nc(N)n1. The number of aromatic nitrogens is 2. The molecule has 90 valence electrons. The van der Waals surface area contributed by atoms with Crippen LogP contribution < -0.4 is 11.1 Å². The first-order valence-electron chi connectivity index (χ1n) is 5.70. The Morgan fingerprint density at radius 3 is 2.81 bits per heavy atom. The van der Waals surface area contributed by atoms with E-state index in [0.29, 0.717) is 11.2 Å². The molecule has 0 radical (unpaired) electrons. The van der Waals surface area contributed by atoms with Crippen molar-refractivity contribution < 1.29 is 0 Å². The van der Waals surface area contributed by atoms with Crippen molar-refractivity contribution in [1.82, 2.24) is 9.97 Å². The van der Waals surface area contributed by atoms with Crippen LogP contribution in [0.3, 0.4) is 0 Å². The standard InChI is InChI=1S/C11H20N4S/c1-4-6-13-9-7-10(15-11(12)14-9)16-8(3)5-2/h7-8H,4-6H2,1-3H3,(H3,12,13,14,15). The maximum Gasteiger partial charge on any atom is 0.223 e. The van der Waals surface area contributed by atoms with Crippen LogP contribution in [-0.2, 0) is 0 Å². The van der Waals surface area contributed by atoms with Gasteiger partial charge in [0.25, 0.3) is 0 Å². The monoisotopic (exact) mass is 240 g/mol. The van der Waals surface area contributed by atoms with Crippen LogP contribution in [-0.4, -0.2) is 21.8 Å². The zero-order valence-electron chi connectivity index (χ0n) is 10.2. The molecule has 0 fully saturated rings. The molecule has 5 heteroatoms. The summed E-state index contributed by atoms with van der Waals surface area (Å²) < 4.78 is 0. The molecule has 0 saturated carbocycles. The molecular weight excluding hydrogens is 220 g/mol. The van der Waals surface area contributed by atoms with E-state index in [9.17, 15) is 0 Å². The predicted octanol–water partition coefficient (Wildman–Crippen LogP) is 2.77. The average molecular weight is 240 g/mol. The van der Waals surface area contributed by atoms with Gasteiger partial charge in [-0.25, -0.2) is 4.98 Å². The fourth-order valence-corrected chi connectivity index (χ4v) is 2.04. The molecule has 4 nitrogen and oxygen atoms in total. The third kappa shape index (κ3) is 4.26. The van der Waals surface area contributed by atoms with Gasteiger partial charge in [0, 0.05) is 17.9 Å². The lowest BCUT2D eigenvalue weighted by molar-refractivity contribution is 0.898. The van der Waals surface area contributed by atoms with Crippen LogP contribution in [0.4, 0.5) is 11.8 Å². The topological polar surface area (TPSA) is 63.8 Å². The minimum absolute atomic E-state index is 0.340. The molecule has 1 aromatic rings. The molecule has 0 aliphatic rings. The summed E-state index contributed by atoms with van der Waals surface area (Å²) in [7, 11) is 0. The summed E-state index contributed by atoms with van der Waals surface area (Å²) in [5.74, 6) is 1.16. The van der Waals surface area contributed by atoms with E-state index in [1.807, 2.05) is 6.07 Å². The van der Waals surface area contributed by atoms with Crippen LogP contribution in [0.1, 0.15) is 33.6 Å². The summed E-state index contributed by atoms with van der Waals surface area (Å²) in [6, 6.07) is 1.96. The van der Waals surface area contributed by atoms with Gasteiger partial charge in [-0.3, -0.25) is 0 Å². The van der Waals surface area contributed by atoms with E-state index in [4.69, 9.17) is 5.73 Å². The molecular formula is C11H20N4S. The molecule has 0 spiro atoms. The Kier molecular flexibility index (Phi) is 5.38. The zero-order valence-corrected chi connectivity index (χ0v) is 11.0. The highest BCUT2D eigenvalue weighted by Crippen LogP contribution is 2.25. The van der Waals surface area contributed by atoms with Crippen LogP contribution in [0.5, 0.6) is 0 Å². The van der Waals surface area contributed by atoms with Crippen molar-refractivity contribution in [3.05, 3.63) is 6.07 Å². The van der Waals surface area contributed by atoms with Crippen molar-refractivity contribution in [2.45, 2.75) is 43.9 Å². The molecule has 1 rings (SSSR count). The van der Waals surface area contributed by atoms with Crippen molar-refractivity contribution in [3.63, 3.8) is 0 Å². The number of nitrogens with two attached hydrogens (primary N) is 1. The van der Waals surface area contributed by atoms with Gasteiger partial charge in [-0.1, -0.05) is 20.8 Å². The van der Waals surface area contributed by atoms with Gasteiger partial charge in [0.2, 0.25) is 5.95 Å². The minimum Gasteiger partial charge on any atom is -0.370 e. The van der Waals surface area contributed by atoms with E-state index >= 15 is 0 Å². The quantitative estimate of drug-likeness (QED) is 0.591. The van der Waals surface area contributed by atoms with E-state index in [0.717, 1.165) is 30.2 Å². The summed E-state index contributed by atoms with van der Waals surface area (Å²) in [6.07, 6.45) is 2.18. The van der Waals surface area contributed by atoms with Gasteiger partial charge >= 0.3 is 0 Å². The van der Waals surface area contributed by atoms with Crippen LogP contribution >= 0.6 is 11.8 Å². The van der Waals surface area contributed by atoms with E-state index in [1.54, 1.807) is 11.8 Å². The van der Waals surface area contributed by atoms with E-state index in [-0.39, 0.29) is 0 Å². The summed E-state index contributed by atoms with van der Waals surface area (Å²) in [4.78, 5) is 8.37. The molecule has 0 amide bonds. The highest BCUT2D eigenvalue weighted by atomic mass is 32.2. The number of nitrogens with one attached hydrogen (secondary N) is 1. The lowest BCUT2D eigenvalue weighted by Gasteiger charge is -2.10. The van der Waals surface area contributed by atoms with Gasteiger partial charge in [-0.2, -0.15) is 4.98 Å². The first-order valence-corrected chi connectivity index (χ1v) is 6.58. The summed E-state index contributed by atoms with van der Waals surface area (Å²) in [6.45, 7) is 7.37. The Bertz CT molecular complexity index is 330. The maximum absolute atomic E-state index is 5.67. The van der Waals surface area contributed by atoms with Crippen LogP contribution in [0, 0.1) is 0 Å². The zero-order chi connectivity index (χ0) is 12.0. The van der Waals surface area contributed by atoms with Gasteiger partial charge in [-0.15, -0.1) is 11.8 Å². The van der Waals surface area contributed by atoms with Gasteiger partial charge in [-0.05, 0) is 12.8 Å². The molecule has 1 unspecified atom stereocenters. The van der Waals surface area contributed by atoms with Crippen LogP contribution in [0.15, 0.2) is 11.1 Å². The molecule has 1 atom stereocenters. The van der Waals surface area contributed by atoms with Gasteiger partial charge < -0.3 is 11.1 Å². The van der Waals surface area contributed by atoms with Crippen LogP contribution in [0.2, 0.25) is 0 Å². The van der Waals surface area contributed by atoms with Gasteiger partial charge in [0.1, 0.15) is 10.8 Å². The molecule has 0 aromatic carbocycles. The minimum atomic E-state index is 0.340. The molecule has 0 aliphatic heterocycles. The fourth-order valence-electron chi connectivity index (χ4n) is 1.14. The number of hydrogen-bond acceptors (Lipinski definition) is 5. The number of nitrogens with zero attached hydrogens (tertiary/aromatic N) is 2. The lowest BCUT2D eigenvalue weighted by atomic mass is 10.4. The number of thioether (sulfide) groups is 1. The van der Waals surface area contributed by atoms with Crippen molar-refractivity contribution in [3.8, 4) is 0 Å². The second kappa shape index (κ2) is 6.58. The normalized spacial score (nSPS) is 12.4. The highest BCUT2D eigenvalue weighted by molar-refractivity contribution is 7.99. The number of hydrogen-bond donors (Lipinski definition) is 2. The number of rotatable bonds is 6. The molecule has 3 N–H and O–H groups in total. The summed E-state index contributed by atoms with van der Waals surface area (Å²) >= 11 is 1.73. The molecule has 0 bridgehead atoms. The van der Waals surface area contributed by atoms with Gasteiger partial charge in [0.15, 0.2) is 0 Å². The second-order valence-corrected chi connectivity index (χ2v) is 5.17. The third-order valence-corrected chi connectivity index (χ3v) is 3.36. The average Bonchev–Trinajstić information content (AvgIpc) is 2.25. The Morgan fingerprint density at radius 1 is 1.44 bits per heavy atom. The molecule has 16 heavy (non-hydrogen) atoms. The number of nitrogen functional groups attached to an aromatic ring is 1. The molecule has 0 saturated heterocycles.